The number of likely N-dealkylation sites (tertiary alicyclic amines) is 1. The van der Waals surface area contributed by atoms with Gasteiger partial charge in [0.15, 0.2) is 0 Å². The molecule has 0 radical (unpaired) electrons. The van der Waals surface area contributed by atoms with E-state index in [4.69, 9.17) is 16.3 Å². The van der Waals surface area contributed by atoms with Gasteiger partial charge in [-0.25, -0.2) is 4.79 Å². The lowest BCUT2D eigenvalue weighted by atomic mass is 10.1. The molecule has 0 saturated carbocycles. The van der Waals surface area contributed by atoms with E-state index in [1.54, 1.807) is 6.92 Å². The second-order valence-electron chi connectivity index (χ2n) is 4.57. The molecule has 1 atom stereocenters. The van der Waals surface area contributed by atoms with Crippen LogP contribution < -0.4 is 0 Å². The molecule has 1 aliphatic rings. The fourth-order valence-corrected chi connectivity index (χ4v) is 2.50. The molecule has 6 heteroatoms. The minimum Gasteiger partial charge on any atom is -0.507 e. The largest absolute Gasteiger partial charge is 0.507 e. The lowest BCUT2D eigenvalue weighted by Gasteiger charge is -2.23. The molecule has 1 heterocycles. The van der Waals surface area contributed by atoms with Gasteiger partial charge in [-0.3, -0.25) is 4.79 Å². The van der Waals surface area contributed by atoms with Gasteiger partial charge in [-0.15, -0.1) is 0 Å². The summed E-state index contributed by atoms with van der Waals surface area (Å²) in [5, 5.41) is 10.1. The van der Waals surface area contributed by atoms with Gasteiger partial charge >= 0.3 is 5.97 Å². The molecule has 0 bridgehead atoms. The maximum absolute atomic E-state index is 12.4. The van der Waals surface area contributed by atoms with Crippen LogP contribution in [-0.2, 0) is 9.53 Å². The lowest BCUT2D eigenvalue weighted by Crippen LogP contribution is -2.41. The number of amides is 1. The van der Waals surface area contributed by atoms with E-state index in [0.717, 1.165) is 6.42 Å². The summed E-state index contributed by atoms with van der Waals surface area (Å²) in [7, 11) is 0. The SMILES string of the molecule is CCOC(=O)C1CCCN1C(=O)c1cc(Cl)ccc1O. The van der Waals surface area contributed by atoms with Crippen molar-refractivity contribution in [1.29, 1.82) is 0 Å². The molecule has 1 N–H and O–H groups in total. The molecule has 1 unspecified atom stereocenters. The molecule has 1 saturated heterocycles. The number of nitrogens with zero attached hydrogens (tertiary/aromatic N) is 1. The van der Waals surface area contributed by atoms with E-state index < -0.39 is 17.9 Å². The van der Waals surface area contributed by atoms with E-state index in [9.17, 15) is 14.7 Å². The molecule has 20 heavy (non-hydrogen) atoms. The monoisotopic (exact) mass is 297 g/mol. The number of aromatic hydroxyl groups is 1. The Balaban J connectivity index is 2.23. The Hall–Kier alpha value is -1.75. The summed E-state index contributed by atoms with van der Waals surface area (Å²) in [6.45, 7) is 2.47. The maximum Gasteiger partial charge on any atom is 0.328 e. The lowest BCUT2D eigenvalue weighted by molar-refractivity contribution is -0.147. The fraction of sp³-hybridized carbons (Fsp3) is 0.429. The molecule has 2 rings (SSSR count). The standard InChI is InChI=1S/C14H16ClNO4/c1-2-20-14(19)11-4-3-7-16(11)13(18)10-8-9(15)5-6-12(10)17/h5-6,8,11,17H,2-4,7H2,1H3. The quantitative estimate of drug-likeness (QED) is 0.869. The zero-order chi connectivity index (χ0) is 14.7. The third-order valence-corrected chi connectivity index (χ3v) is 3.50. The number of carbonyl (C=O) groups is 2. The molecule has 0 aliphatic carbocycles. The van der Waals surface area contributed by atoms with Gasteiger partial charge in [0, 0.05) is 11.6 Å². The molecule has 1 fully saturated rings. The first kappa shape index (κ1) is 14.7. The number of carbonyl (C=O) groups excluding carboxylic acids is 2. The van der Waals surface area contributed by atoms with Gasteiger partial charge in [0.1, 0.15) is 11.8 Å². The Kier molecular flexibility index (Phi) is 4.49. The van der Waals surface area contributed by atoms with E-state index in [-0.39, 0.29) is 17.9 Å². The van der Waals surface area contributed by atoms with Crippen molar-refractivity contribution in [2.45, 2.75) is 25.8 Å². The Labute approximate surface area is 122 Å². The van der Waals surface area contributed by atoms with Crippen LogP contribution in [0.5, 0.6) is 5.75 Å². The first-order chi connectivity index (χ1) is 9.54. The maximum atomic E-state index is 12.4. The average Bonchev–Trinajstić information content (AvgIpc) is 2.90. The summed E-state index contributed by atoms with van der Waals surface area (Å²) in [6.07, 6.45) is 1.31. The Morgan fingerprint density at radius 1 is 1.50 bits per heavy atom. The summed E-state index contributed by atoms with van der Waals surface area (Å²) < 4.78 is 4.97. The third-order valence-electron chi connectivity index (χ3n) is 3.26. The number of benzene rings is 1. The van der Waals surface area contributed by atoms with Crippen molar-refractivity contribution in [2.75, 3.05) is 13.2 Å². The van der Waals surface area contributed by atoms with Crippen molar-refractivity contribution >= 4 is 23.5 Å². The minimum atomic E-state index is -0.583. The molecular weight excluding hydrogens is 282 g/mol. The number of rotatable bonds is 3. The molecule has 1 aliphatic heterocycles. The molecular formula is C14H16ClNO4. The highest BCUT2D eigenvalue weighted by molar-refractivity contribution is 6.31. The van der Waals surface area contributed by atoms with Crippen LogP contribution in [0.3, 0.4) is 0 Å². The topological polar surface area (TPSA) is 66.8 Å². The van der Waals surface area contributed by atoms with Crippen LogP contribution in [0.25, 0.3) is 0 Å². The molecule has 1 aromatic carbocycles. The normalized spacial score (nSPS) is 18.1. The highest BCUT2D eigenvalue weighted by Gasteiger charge is 2.36. The van der Waals surface area contributed by atoms with Crippen molar-refractivity contribution < 1.29 is 19.4 Å². The van der Waals surface area contributed by atoms with Crippen LogP contribution in [0.15, 0.2) is 18.2 Å². The summed E-state index contributed by atoms with van der Waals surface area (Å²) in [4.78, 5) is 25.7. The molecule has 108 valence electrons. The van der Waals surface area contributed by atoms with Gasteiger partial charge in [-0.2, -0.15) is 0 Å². The van der Waals surface area contributed by atoms with Crippen LogP contribution in [0.2, 0.25) is 5.02 Å². The van der Waals surface area contributed by atoms with Crippen LogP contribution in [0, 0.1) is 0 Å². The van der Waals surface area contributed by atoms with Crippen molar-refractivity contribution in [1.82, 2.24) is 4.90 Å². The van der Waals surface area contributed by atoms with Crippen molar-refractivity contribution in [3.63, 3.8) is 0 Å². The molecule has 0 aromatic heterocycles. The van der Waals surface area contributed by atoms with E-state index in [0.29, 0.717) is 18.0 Å². The van der Waals surface area contributed by atoms with Crippen LogP contribution >= 0.6 is 11.6 Å². The zero-order valence-corrected chi connectivity index (χ0v) is 11.9. The Morgan fingerprint density at radius 2 is 2.25 bits per heavy atom. The second-order valence-corrected chi connectivity index (χ2v) is 5.01. The molecule has 1 amide bonds. The van der Waals surface area contributed by atoms with Gasteiger partial charge in [0.2, 0.25) is 0 Å². The highest BCUT2D eigenvalue weighted by atomic mass is 35.5. The predicted octanol–water partition coefficient (Wildman–Crippen LogP) is 2.21. The Morgan fingerprint density at radius 3 is 2.95 bits per heavy atom. The Bertz CT molecular complexity index is 532. The predicted molar refractivity (Wildman–Crippen MR) is 73.8 cm³/mol. The van der Waals surface area contributed by atoms with Gasteiger partial charge < -0.3 is 14.7 Å². The number of ether oxygens (including phenoxy) is 1. The zero-order valence-electron chi connectivity index (χ0n) is 11.1. The molecule has 0 spiro atoms. The van der Waals surface area contributed by atoms with Crippen LogP contribution in [0.1, 0.15) is 30.1 Å². The van der Waals surface area contributed by atoms with E-state index in [1.807, 2.05) is 0 Å². The first-order valence-corrected chi connectivity index (χ1v) is 6.88. The number of esters is 1. The second kappa shape index (κ2) is 6.13. The van der Waals surface area contributed by atoms with E-state index in [2.05, 4.69) is 0 Å². The minimum absolute atomic E-state index is 0.105. The summed E-state index contributed by atoms with van der Waals surface area (Å²) >= 11 is 5.84. The number of halogens is 1. The highest BCUT2D eigenvalue weighted by Crippen LogP contribution is 2.27. The molecule has 1 aromatic rings. The number of phenols is 1. The summed E-state index contributed by atoms with van der Waals surface area (Å²) in [5.41, 5.74) is 0.105. The summed E-state index contributed by atoms with van der Waals surface area (Å²) in [5.74, 6) is -0.950. The van der Waals surface area contributed by atoms with E-state index >= 15 is 0 Å². The van der Waals surface area contributed by atoms with Crippen LogP contribution in [-0.4, -0.2) is 41.1 Å². The van der Waals surface area contributed by atoms with Crippen molar-refractivity contribution in [3.05, 3.63) is 28.8 Å². The van der Waals surface area contributed by atoms with Crippen molar-refractivity contribution in [3.8, 4) is 5.75 Å². The number of hydrogen-bond donors (Lipinski definition) is 1. The van der Waals surface area contributed by atoms with E-state index in [1.165, 1.54) is 23.1 Å². The molecule has 5 nitrogen and oxygen atoms in total. The number of hydrogen-bond acceptors (Lipinski definition) is 4. The number of phenolic OH excluding ortho intramolecular Hbond substituents is 1. The fourth-order valence-electron chi connectivity index (χ4n) is 2.33. The van der Waals surface area contributed by atoms with Gasteiger partial charge in [-0.05, 0) is 38.0 Å². The van der Waals surface area contributed by atoms with Crippen LogP contribution in [0.4, 0.5) is 0 Å². The average molecular weight is 298 g/mol. The van der Waals surface area contributed by atoms with Gasteiger partial charge in [0.25, 0.3) is 5.91 Å². The van der Waals surface area contributed by atoms with Gasteiger partial charge in [-0.1, -0.05) is 11.6 Å². The third kappa shape index (κ3) is 2.88. The smallest absolute Gasteiger partial charge is 0.328 e. The summed E-state index contributed by atoms with van der Waals surface area (Å²) in [6, 6.07) is 3.69. The first-order valence-electron chi connectivity index (χ1n) is 6.50. The van der Waals surface area contributed by atoms with Gasteiger partial charge in [0.05, 0.1) is 12.2 Å². The van der Waals surface area contributed by atoms with Crippen molar-refractivity contribution in [2.24, 2.45) is 0 Å².